The van der Waals surface area contributed by atoms with Crippen LogP contribution in [-0.2, 0) is 10.2 Å². The molecule has 0 spiro atoms. The van der Waals surface area contributed by atoms with Crippen LogP contribution in [0.1, 0.15) is 37.5 Å². The van der Waals surface area contributed by atoms with Gasteiger partial charge in [-0.05, 0) is 37.8 Å². The molecule has 2 aliphatic rings. The highest BCUT2D eigenvalue weighted by atomic mass is 16.5. The van der Waals surface area contributed by atoms with Gasteiger partial charge in [-0.25, -0.2) is 9.97 Å². The van der Waals surface area contributed by atoms with E-state index in [4.69, 9.17) is 15.5 Å². The second-order valence-electron chi connectivity index (χ2n) is 5.98. The summed E-state index contributed by atoms with van der Waals surface area (Å²) in [5.74, 6) is 1.14. The number of hydrogen-bond acceptors (Lipinski definition) is 4. The van der Waals surface area contributed by atoms with Crippen molar-refractivity contribution in [2.75, 3.05) is 19.8 Å². The number of hydrogen-bond donors (Lipinski definition) is 1. The minimum Gasteiger partial charge on any atom is -0.381 e. The monoisotopic (exact) mass is 272 g/mol. The van der Waals surface area contributed by atoms with Crippen LogP contribution in [0.25, 0.3) is 11.2 Å². The molecule has 0 bridgehead atoms. The van der Waals surface area contributed by atoms with Crippen molar-refractivity contribution in [1.29, 1.82) is 0 Å². The van der Waals surface area contributed by atoms with Gasteiger partial charge < -0.3 is 15.0 Å². The van der Waals surface area contributed by atoms with E-state index in [9.17, 15) is 0 Å². The minimum atomic E-state index is -0.0401. The maximum absolute atomic E-state index is 6.15. The molecule has 1 aliphatic heterocycles. The number of ether oxygens (including phenoxy) is 1. The first kappa shape index (κ1) is 12.3. The zero-order chi connectivity index (χ0) is 13.6. The van der Waals surface area contributed by atoms with Crippen molar-refractivity contribution in [1.82, 2.24) is 14.5 Å². The molecule has 0 radical (unpaired) electrons. The third-order valence-corrected chi connectivity index (χ3v) is 4.68. The average Bonchev–Trinajstić information content (AvgIpc) is 3.27. The maximum Gasteiger partial charge on any atom is 0.160 e. The Morgan fingerprint density at radius 1 is 1.35 bits per heavy atom. The molecule has 2 N–H and O–H groups in total. The molecule has 5 nitrogen and oxygen atoms in total. The molecular formula is C15H20N4O. The van der Waals surface area contributed by atoms with E-state index in [1.807, 2.05) is 18.3 Å². The van der Waals surface area contributed by atoms with Crippen LogP contribution in [0.2, 0.25) is 0 Å². The van der Waals surface area contributed by atoms with Crippen molar-refractivity contribution in [3.63, 3.8) is 0 Å². The fraction of sp³-hybridized carbons (Fsp3) is 0.600. The van der Waals surface area contributed by atoms with Gasteiger partial charge in [0.25, 0.3) is 0 Å². The molecule has 5 heteroatoms. The van der Waals surface area contributed by atoms with E-state index in [0.29, 0.717) is 12.6 Å². The van der Waals surface area contributed by atoms with Crippen LogP contribution in [-0.4, -0.2) is 34.3 Å². The largest absolute Gasteiger partial charge is 0.381 e. The zero-order valence-corrected chi connectivity index (χ0v) is 11.6. The molecule has 4 rings (SSSR count). The van der Waals surface area contributed by atoms with E-state index in [0.717, 1.165) is 43.0 Å². The standard InChI is InChI=1S/C15H20N4O/c16-10-15(5-8-20-9-6-15)14-18-12-2-1-7-17-13(12)19(14)11-3-4-11/h1-2,7,11H,3-6,8-10,16H2. The Morgan fingerprint density at radius 3 is 2.85 bits per heavy atom. The van der Waals surface area contributed by atoms with Crippen LogP contribution in [0.3, 0.4) is 0 Å². The molecule has 2 aromatic heterocycles. The van der Waals surface area contributed by atoms with Crippen molar-refractivity contribution in [2.24, 2.45) is 5.73 Å². The van der Waals surface area contributed by atoms with Crippen LogP contribution >= 0.6 is 0 Å². The molecule has 0 atom stereocenters. The van der Waals surface area contributed by atoms with E-state index < -0.39 is 0 Å². The highest BCUT2D eigenvalue weighted by Crippen LogP contribution is 2.43. The van der Waals surface area contributed by atoms with Crippen molar-refractivity contribution in [2.45, 2.75) is 37.1 Å². The number of aromatic nitrogens is 3. The normalized spacial score (nSPS) is 22.2. The minimum absolute atomic E-state index is 0.0401. The number of rotatable bonds is 3. The van der Waals surface area contributed by atoms with Crippen molar-refractivity contribution < 1.29 is 4.74 Å². The fourth-order valence-electron chi connectivity index (χ4n) is 3.26. The number of pyridine rings is 1. The van der Waals surface area contributed by atoms with Gasteiger partial charge in [0.15, 0.2) is 5.65 Å². The van der Waals surface area contributed by atoms with Gasteiger partial charge in [-0.3, -0.25) is 0 Å². The summed E-state index contributed by atoms with van der Waals surface area (Å²) in [6, 6.07) is 4.57. The molecule has 2 fully saturated rings. The summed E-state index contributed by atoms with van der Waals surface area (Å²) in [5, 5.41) is 0. The summed E-state index contributed by atoms with van der Waals surface area (Å²) in [4.78, 5) is 9.46. The Bertz CT molecular complexity index is 626. The molecule has 2 aromatic rings. The van der Waals surface area contributed by atoms with Crippen LogP contribution < -0.4 is 5.73 Å². The SMILES string of the molecule is NCC1(c2nc3cccnc3n2C2CC2)CCOCC1. The summed E-state index contributed by atoms with van der Waals surface area (Å²) >= 11 is 0. The fourth-order valence-corrected chi connectivity index (χ4v) is 3.26. The molecule has 1 saturated heterocycles. The molecule has 106 valence electrons. The summed E-state index contributed by atoms with van der Waals surface area (Å²) in [5.41, 5.74) is 8.12. The van der Waals surface area contributed by atoms with Gasteiger partial charge in [0.1, 0.15) is 11.3 Å². The lowest BCUT2D eigenvalue weighted by atomic mass is 9.79. The van der Waals surface area contributed by atoms with Gasteiger partial charge in [-0.15, -0.1) is 0 Å². The zero-order valence-electron chi connectivity index (χ0n) is 11.6. The highest BCUT2D eigenvalue weighted by Gasteiger charge is 2.41. The highest BCUT2D eigenvalue weighted by molar-refractivity contribution is 5.72. The number of nitrogens with two attached hydrogens (primary N) is 1. The van der Waals surface area contributed by atoms with Crippen LogP contribution in [0.5, 0.6) is 0 Å². The van der Waals surface area contributed by atoms with Gasteiger partial charge >= 0.3 is 0 Å². The smallest absolute Gasteiger partial charge is 0.160 e. The Kier molecular flexibility index (Phi) is 2.79. The lowest BCUT2D eigenvalue weighted by Crippen LogP contribution is -2.42. The first-order valence-electron chi connectivity index (χ1n) is 7.45. The molecule has 1 aliphatic carbocycles. The van der Waals surface area contributed by atoms with Gasteiger partial charge in [0, 0.05) is 37.4 Å². The predicted molar refractivity (Wildman–Crippen MR) is 76.6 cm³/mol. The molecule has 20 heavy (non-hydrogen) atoms. The lowest BCUT2D eigenvalue weighted by Gasteiger charge is -2.35. The summed E-state index contributed by atoms with van der Waals surface area (Å²) < 4.78 is 7.88. The van der Waals surface area contributed by atoms with E-state index in [2.05, 4.69) is 9.55 Å². The molecule has 1 saturated carbocycles. The van der Waals surface area contributed by atoms with Crippen LogP contribution in [0.4, 0.5) is 0 Å². The average molecular weight is 272 g/mol. The maximum atomic E-state index is 6.15. The molecule has 3 heterocycles. The second-order valence-corrected chi connectivity index (χ2v) is 5.98. The Hall–Kier alpha value is -1.46. The van der Waals surface area contributed by atoms with Gasteiger partial charge in [-0.2, -0.15) is 0 Å². The summed E-state index contributed by atoms with van der Waals surface area (Å²) in [7, 11) is 0. The van der Waals surface area contributed by atoms with Crippen molar-refractivity contribution in [3.05, 3.63) is 24.2 Å². The van der Waals surface area contributed by atoms with Gasteiger partial charge in [0.05, 0.1) is 0 Å². The van der Waals surface area contributed by atoms with Crippen molar-refractivity contribution >= 4 is 11.2 Å². The molecular weight excluding hydrogens is 252 g/mol. The van der Waals surface area contributed by atoms with E-state index >= 15 is 0 Å². The van der Waals surface area contributed by atoms with Gasteiger partial charge in [0.2, 0.25) is 0 Å². The molecule has 0 aromatic carbocycles. The molecule has 0 amide bonds. The predicted octanol–water partition coefficient (Wildman–Crippen LogP) is 1.77. The first-order chi connectivity index (χ1) is 9.84. The van der Waals surface area contributed by atoms with E-state index in [-0.39, 0.29) is 5.41 Å². The second kappa shape index (κ2) is 4.53. The lowest BCUT2D eigenvalue weighted by molar-refractivity contribution is 0.0488. The first-order valence-corrected chi connectivity index (χ1v) is 7.45. The quantitative estimate of drug-likeness (QED) is 0.925. The summed E-state index contributed by atoms with van der Waals surface area (Å²) in [6.07, 6.45) is 6.23. The number of imidazole rings is 1. The third kappa shape index (κ3) is 1.77. The van der Waals surface area contributed by atoms with Crippen LogP contribution in [0.15, 0.2) is 18.3 Å². The number of nitrogens with zero attached hydrogens (tertiary/aromatic N) is 3. The Balaban J connectivity index is 1.91. The third-order valence-electron chi connectivity index (χ3n) is 4.68. The number of fused-ring (bicyclic) bond motifs is 1. The van der Waals surface area contributed by atoms with E-state index in [1.165, 1.54) is 12.8 Å². The Labute approximate surface area is 118 Å². The van der Waals surface area contributed by atoms with E-state index in [1.54, 1.807) is 0 Å². The van der Waals surface area contributed by atoms with Crippen LogP contribution in [0, 0.1) is 0 Å². The van der Waals surface area contributed by atoms with Gasteiger partial charge in [-0.1, -0.05) is 0 Å². The topological polar surface area (TPSA) is 66.0 Å². The summed E-state index contributed by atoms with van der Waals surface area (Å²) in [6.45, 7) is 2.18. The van der Waals surface area contributed by atoms with Crippen molar-refractivity contribution in [3.8, 4) is 0 Å². The Morgan fingerprint density at radius 2 is 2.15 bits per heavy atom. The molecule has 0 unspecified atom stereocenters.